The summed E-state index contributed by atoms with van der Waals surface area (Å²) in [4.78, 5) is 2.35. The van der Waals surface area contributed by atoms with Gasteiger partial charge in [-0.15, -0.1) is 0 Å². The van der Waals surface area contributed by atoms with E-state index in [4.69, 9.17) is 0 Å². The Hall–Kier alpha value is -0.0400. The van der Waals surface area contributed by atoms with Gasteiger partial charge in [-0.25, -0.2) is 0 Å². The van der Waals surface area contributed by atoms with Gasteiger partial charge in [0.15, 0.2) is 0 Å². The molecule has 1 atom stereocenters. The van der Waals surface area contributed by atoms with Gasteiger partial charge < -0.3 is 4.90 Å². The van der Waals surface area contributed by atoms with Crippen LogP contribution in [0.15, 0.2) is 0 Å². The zero-order valence-corrected chi connectivity index (χ0v) is 5.02. The van der Waals surface area contributed by atoms with E-state index in [1.54, 1.807) is 0 Å². The van der Waals surface area contributed by atoms with Gasteiger partial charge in [-0.3, -0.25) is 0 Å². The Morgan fingerprint density at radius 3 is 2.57 bits per heavy atom. The van der Waals surface area contributed by atoms with Gasteiger partial charge >= 0.3 is 0 Å². The van der Waals surface area contributed by atoms with Crippen LogP contribution in [0.2, 0.25) is 0 Å². The minimum Gasteiger partial charge on any atom is -0.303 e. The van der Waals surface area contributed by atoms with Crippen molar-refractivity contribution < 1.29 is 0 Å². The van der Waals surface area contributed by atoms with Crippen LogP contribution in [0, 0.1) is 6.42 Å². The van der Waals surface area contributed by atoms with E-state index in [-0.39, 0.29) is 0 Å². The largest absolute Gasteiger partial charge is 0.303 e. The fourth-order valence-electron chi connectivity index (χ4n) is 0.903. The van der Waals surface area contributed by atoms with Gasteiger partial charge in [0.2, 0.25) is 0 Å². The Balaban J connectivity index is 2.33. The van der Waals surface area contributed by atoms with Gasteiger partial charge in [0.1, 0.15) is 0 Å². The zero-order chi connectivity index (χ0) is 5.28. The first kappa shape index (κ1) is 5.10. The lowest BCUT2D eigenvalue weighted by Crippen LogP contribution is -2.21. The van der Waals surface area contributed by atoms with E-state index >= 15 is 0 Å². The van der Waals surface area contributed by atoms with Crippen molar-refractivity contribution in [2.45, 2.75) is 19.4 Å². The quantitative estimate of drug-likeness (QED) is 0.435. The lowest BCUT2D eigenvalue weighted by atomic mass is 10.3. The summed E-state index contributed by atoms with van der Waals surface area (Å²) in [6, 6.07) is 0.722. The van der Waals surface area contributed by atoms with Gasteiger partial charge in [0, 0.05) is 6.04 Å². The molecule has 41 valence electrons. The van der Waals surface area contributed by atoms with Crippen molar-refractivity contribution in [3.63, 3.8) is 0 Å². The van der Waals surface area contributed by atoms with Gasteiger partial charge in [-0.1, -0.05) is 0 Å². The van der Waals surface area contributed by atoms with Crippen LogP contribution in [0.4, 0.5) is 0 Å². The highest BCUT2D eigenvalue weighted by molar-refractivity contribution is 4.87. The molecule has 1 heterocycles. The van der Waals surface area contributed by atoms with E-state index in [0.717, 1.165) is 6.04 Å². The monoisotopic (exact) mass is 98.1 g/mol. The predicted molar refractivity (Wildman–Crippen MR) is 31.0 cm³/mol. The second kappa shape index (κ2) is 1.83. The summed E-state index contributed by atoms with van der Waals surface area (Å²) in [5.41, 5.74) is 0. The maximum Gasteiger partial charge on any atom is 0.00958 e. The molecule has 1 nitrogen and oxygen atoms in total. The van der Waals surface area contributed by atoms with Crippen LogP contribution in [-0.4, -0.2) is 24.5 Å². The summed E-state index contributed by atoms with van der Waals surface area (Å²) < 4.78 is 0. The number of nitrogens with zero attached hydrogens (tertiary/aromatic N) is 1. The Morgan fingerprint density at radius 1 is 1.71 bits per heavy atom. The first-order valence-electron chi connectivity index (χ1n) is 2.84. The van der Waals surface area contributed by atoms with Crippen molar-refractivity contribution in [1.82, 2.24) is 4.90 Å². The van der Waals surface area contributed by atoms with Crippen LogP contribution >= 0.6 is 0 Å². The molecule has 0 aromatic carbocycles. The molecular formula is C6H12N. The Labute approximate surface area is 45.3 Å². The van der Waals surface area contributed by atoms with Crippen LogP contribution in [0.3, 0.4) is 0 Å². The minimum atomic E-state index is 0.722. The molecular weight excluding hydrogens is 86.1 g/mol. The molecule has 0 amide bonds. The lowest BCUT2D eigenvalue weighted by molar-refractivity contribution is 0.346. The van der Waals surface area contributed by atoms with Crippen LogP contribution in [0.5, 0.6) is 0 Å². The summed E-state index contributed by atoms with van der Waals surface area (Å²) in [6.45, 7) is 3.48. The number of hydrogen-bond acceptors (Lipinski definition) is 1. The number of likely N-dealkylation sites (tertiary alicyclic amines) is 1. The summed E-state index contributed by atoms with van der Waals surface area (Å²) in [5.74, 6) is 0. The average Bonchev–Trinajstić information content (AvgIpc) is 1.91. The van der Waals surface area contributed by atoms with E-state index < -0.39 is 0 Å². The van der Waals surface area contributed by atoms with Crippen LogP contribution in [-0.2, 0) is 0 Å². The molecule has 1 heteroatoms. The normalized spacial score (nSPS) is 34.3. The average molecular weight is 98.2 g/mol. The van der Waals surface area contributed by atoms with Gasteiger partial charge in [0.05, 0.1) is 0 Å². The molecule has 1 aliphatic rings. The SMILES string of the molecule is C[C@@H]1[CH]CCN1C. The summed E-state index contributed by atoms with van der Waals surface area (Å²) in [6.07, 6.45) is 3.62. The Morgan fingerprint density at radius 2 is 2.43 bits per heavy atom. The van der Waals surface area contributed by atoms with Crippen LogP contribution in [0.25, 0.3) is 0 Å². The smallest absolute Gasteiger partial charge is 0.00958 e. The maximum absolute atomic E-state index is 2.35. The van der Waals surface area contributed by atoms with E-state index in [0.29, 0.717) is 0 Å². The van der Waals surface area contributed by atoms with Crippen molar-refractivity contribution in [3.8, 4) is 0 Å². The fourth-order valence-corrected chi connectivity index (χ4v) is 0.903. The Bertz CT molecular complexity index is 53.2. The second-order valence-corrected chi connectivity index (χ2v) is 2.25. The van der Waals surface area contributed by atoms with E-state index in [2.05, 4.69) is 25.3 Å². The molecule has 1 aliphatic heterocycles. The van der Waals surface area contributed by atoms with Gasteiger partial charge in [-0.2, -0.15) is 0 Å². The minimum absolute atomic E-state index is 0.722. The van der Waals surface area contributed by atoms with E-state index in [1.807, 2.05) is 0 Å². The molecule has 0 unspecified atom stereocenters. The first-order valence-corrected chi connectivity index (χ1v) is 2.84. The van der Waals surface area contributed by atoms with Crippen molar-refractivity contribution in [3.05, 3.63) is 6.42 Å². The molecule has 7 heavy (non-hydrogen) atoms. The standard InChI is InChI=1S/C6H12N/c1-6-4-3-5-7(6)2/h4,6H,3,5H2,1-2H3/t6-/m1/s1. The third-order valence-electron chi connectivity index (χ3n) is 1.68. The van der Waals surface area contributed by atoms with Crippen molar-refractivity contribution in [2.75, 3.05) is 13.6 Å². The molecule has 0 aromatic rings. The van der Waals surface area contributed by atoms with Crippen molar-refractivity contribution in [2.24, 2.45) is 0 Å². The van der Waals surface area contributed by atoms with E-state index in [9.17, 15) is 0 Å². The van der Waals surface area contributed by atoms with Crippen LogP contribution < -0.4 is 0 Å². The molecule has 1 fully saturated rings. The molecule has 1 rings (SSSR count). The van der Waals surface area contributed by atoms with Gasteiger partial charge in [0.25, 0.3) is 0 Å². The molecule has 0 aromatic heterocycles. The molecule has 0 spiro atoms. The molecule has 0 bridgehead atoms. The Kier molecular flexibility index (Phi) is 1.33. The maximum atomic E-state index is 2.35. The summed E-state index contributed by atoms with van der Waals surface area (Å²) in [7, 11) is 2.16. The molecule has 0 N–H and O–H groups in total. The topological polar surface area (TPSA) is 3.24 Å². The third-order valence-corrected chi connectivity index (χ3v) is 1.68. The predicted octanol–water partition coefficient (Wildman–Crippen LogP) is 0.915. The summed E-state index contributed by atoms with van der Waals surface area (Å²) in [5, 5.41) is 0. The fraction of sp³-hybridized carbons (Fsp3) is 0.833. The lowest BCUT2D eigenvalue weighted by Gasteiger charge is -2.11. The van der Waals surface area contributed by atoms with Crippen molar-refractivity contribution >= 4 is 0 Å². The first-order chi connectivity index (χ1) is 3.30. The molecule has 1 saturated heterocycles. The van der Waals surface area contributed by atoms with Crippen LogP contribution in [0.1, 0.15) is 13.3 Å². The molecule has 1 radical (unpaired) electrons. The number of hydrogen-bond donors (Lipinski definition) is 0. The number of rotatable bonds is 0. The zero-order valence-electron chi connectivity index (χ0n) is 5.02. The second-order valence-electron chi connectivity index (χ2n) is 2.25. The highest BCUT2D eigenvalue weighted by Crippen LogP contribution is 2.11. The highest BCUT2D eigenvalue weighted by Gasteiger charge is 2.14. The summed E-state index contributed by atoms with van der Waals surface area (Å²) >= 11 is 0. The highest BCUT2D eigenvalue weighted by atomic mass is 15.1. The van der Waals surface area contributed by atoms with E-state index in [1.165, 1.54) is 13.0 Å². The van der Waals surface area contributed by atoms with Crippen molar-refractivity contribution in [1.29, 1.82) is 0 Å². The molecule has 0 saturated carbocycles. The molecule has 0 aliphatic carbocycles. The van der Waals surface area contributed by atoms with Gasteiger partial charge in [-0.05, 0) is 33.4 Å². The third kappa shape index (κ3) is 0.942.